The molecule has 1 aromatic heterocycles. The van der Waals surface area contributed by atoms with Crippen LogP contribution in [-0.2, 0) is 32.0 Å². The van der Waals surface area contributed by atoms with Gasteiger partial charge in [-0.1, -0.05) is 35.9 Å². The van der Waals surface area contributed by atoms with E-state index >= 15 is 0 Å². The summed E-state index contributed by atoms with van der Waals surface area (Å²) in [5.74, 6) is -0.241. The van der Waals surface area contributed by atoms with Crippen molar-refractivity contribution in [3.05, 3.63) is 70.5 Å². The number of amides is 5. The highest BCUT2D eigenvalue weighted by atomic mass is 35.5. The van der Waals surface area contributed by atoms with E-state index in [1.54, 1.807) is 23.9 Å². The van der Waals surface area contributed by atoms with E-state index < -0.39 is 18.0 Å². The van der Waals surface area contributed by atoms with E-state index in [-0.39, 0.29) is 65.4 Å². The third kappa shape index (κ3) is 11.7. The van der Waals surface area contributed by atoms with Crippen LogP contribution in [0.4, 0.5) is 11.6 Å². The average molecular weight is 848 g/mol. The monoisotopic (exact) mass is 847 g/mol. The van der Waals surface area contributed by atoms with Crippen molar-refractivity contribution in [1.82, 2.24) is 35.7 Å². The minimum atomic E-state index is -0.500. The molecule has 6 rings (SSSR count). The van der Waals surface area contributed by atoms with Crippen LogP contribution < -0.4 is 36.9 Å². The Bertz CT molecular complexity index is 1920. The lowest BCUT2D eigenvalue weighted by molar-refractivity contribution is -0.933. The predicted molar refractivity (Wildman–Crippen MR) is 225 cm³/mol. The highest BCUT2D eigenvalue weighted by molar-refractivity contribution is 6.31. The van der Waals surface area contributed by atoms with Gasteiger partial charge in [-0.2, -0.15) is 0 Å². The Morgan fingerprint density at radius 1 is 0.750 bits per heavy atom. The fourth-order valence-corrected chi connectivity index (χ4v) is 8.37. The van der Waals surface area contributed by atoms with Gasteiger partial charge in [0.05, 0.1) is 32.2 Å². The summed E-state index contributed by atoms with van der Waals surface area (Å²) in [6, 6.07) is 14.3. The number of hydrogen-bond donors (Lipinski definition) is 5. The van der Waals surface area contributed by atoms with Crippen LogP contribution >= 0.6 is 11.6 Å². The second-order valence-corrected chi connectivity index (χ2v) is 16.4. The van der Waals surface area contributed by atoms with Crippen molar-refractivity contribution in [2.45, 2.75) is 69.5 Å². The van der Waals surface area contributed by atoms with Gasteiger partial charge >= 0.3 is 0 Å². The second-order valence-electron chi connectivity index (χ2n) is 16.1. The molecule has 0 aliphatic carbocycles. The van der Waals surface area contributed by atoms with E-state index in [2.05, 4.69) is 25.9 Å². The molecule has 3 aliphatic heterocycles. The molecule has 0 radical (unpaired) electrons. The number of carbonyl (C=O) groups excluding carboxylic acids is 5. The van der Waals surface area contributed by atoms with Gasteiger partial charge in [-0.05, 0) is 73.9 Å². The Hall–Kier alpha value is -5.68. The van der Waals surface area contributed by atoms with Crippen molar-refractivity contribution in [2.75, 3.05) is 78.0 Å². The first kappa shape index (κ1) is 43.9. The first-order valence-corrected chi connectivity index (χ1v) is 20.9. The van der Waals surface area contributed by atoms with Crippen molar-refractivity contribution >= 4 is 52.8 Å². The quantitative estimate of drug-likeness (QED) is 0.116. The maximum absolute atomic E-state index is 13.3. The highest BCUT2D eigenvalue weighted by Gasteiger charge is 2.36. The molecule has 60 heavy (non-hydrogen) atoms. The van der Waals surface area contributed by atoms with Gasteiger partial charge in [0.2, 0.25) is 11.8 Å². The average Bonchev–Trinajstić information content (AvgIpc) is 3.72. The van der Waals surface area contributed by atoms with Gasteiger partial charge in [0.1, 0.15) is 23.6 Å². The largest absolute Gasteiger partial charge is 0.484 e. The molecule has 17 nitrogen and oxygen atoms in total. The Labute approximate surface area is 355 Å². The number of benzene rings is 2. The number of halogens is 1. The molecule has 4 heterocycles. The number of ether oxygens (including phenoxy) is 2. The topological polar surface area (TPSA) is 224 Å². The maximum atomic E-state index is 13.3. The SMILES string of the molecule is CN1CCC(NC(=O)COc2ccc(CCC[N+]3(CCCc4ccc(OCC(=O)NC5CCN(C)C5=O)cc4)CCC[C@H](NC(=O)c4nc(Cl)c(N)nc4N)C3)cc2)C1=O. The molecule has 3 aliphatic rings. The first-order valence-electron chi connectivity index (χ1n) is 20.5. The number of nitrogen functional groups attached to an aromatic ring is 2. The van der Waals surface area contributed by atoms with Crippen molar-refractivity contribution in [2.24, 2.45) is 0 Å². The lowest BCUT2D eigenvalue weighted by atomic mass is 9.99. The number of hydrogen-bond acceptors (Lipinski definition) is 11. The van der Waals surface area contributed by atoms with Crippen LogP contribution in [0, 0.1) is 0 Å². The number of nitrogens with zero attached hydrogens (tertiary/aromatic N) is 5. The molecular formula is C42H56ClN10O7+. The number of rotatable bonds is 18. The van der Waals surface area contributed by atoms with Crippen molar-refractivity contribution in [3.63, 3.8) is 0 Å². The summed E-state index contributed by atoms with van der Waals surface area (Å²) in [5, 5.41) is 8.56. The summed E-state index contributed by atoms with van der Waals surface area (Å²) < 4.78 is 12.2. The van der Waals surface area contributed by atoms with Crippen LogP contribution in [0.25, 0.3) is 0 Å². The number of nitrogens with one attached hydrogen (secondary N) is 3. The van der Waals surface area contributed by atoms with Crippen LogP contribution in [0.15, 0.2) is 48.5 Å². The molecule has 322 valence electrons. The maximum Gasteiger partial charge on any atom is 0.274 e. The standard InChI is InChI=1S/C42H55ClN10O7/c1-51-19-17-32(41(51)57)47-34(54)25-59-30-13-9-27(10-14-30)6-3-21-53(23-5-8-29(24-53)46-40(56)36-38(44)50-39(45)37(43)49-36)22-4-7-28-11-15-31(16-12-28)60-26-35(55)48-33-18-20-52(2)42(33)58/h9-16,29,32-33H,3-8,17-26H2,1-2H3,(H6-,44,45,46,47,48,50,54,55,56)/p+1/t29-,32?,33?,53?/m0/s1. The lowest BCUT2D eigenvalue weighted by Crippen LogP contribution is -2.60. The molecular weight excluding hydrogens is 792 g/mol. The van der Waals surface area contributed by atoms with Gasteiger partial charge in [0.15, 0.2) is 35.7 Å². The molecule has 3 saturated heterocycles. The predicted octanol–water partition coefficient (Wildman–Crippen LogP) is 1.72. The van der Waals surface area contributed by atoms with Gasteiger partial charge < -0.3 is 51.2 Å². The fourth-order valence-electron chi connectivity index (χ4n) is 8.25. The minimum Gasteiger partial charge on any atom is -0.484 e. The van der Waals surface area contributed by atoms with Crippen LogP contribution in [-0.4, -0.2) is 138 Å². The van der Waals surface area contributed by atoms with Crippen molar-refractivity contribution < 1.29 is 37.9 Å². The molecule has 5 amide bonds. The number of likely N-dealkylation sites (tertiary alicyclic amines) is 3. The molecule has 18 heteroatoms. The molecule has 0 saturated carbocycles. The summed E-state index contributed by atoms with van der Waals surface area (Å²) in [5.41, 5.74) is 14.0. The zero-order valence-corrected chi connectivity index (χ0v) is 35.0. The van der Waals surface area contributed by atoms with Crippen LogP contribution in [0.1, 0.15) is 60.1 Å². The van der Waals surface area contributed by atoms with E-state index in [0.717, 1.165) is 80.3 Å². The van der Waals surface area contributed by atoms with Crippen LogP contribution in [0.5, 0.6) is 11.5 Å². The lowest BCUT2D eigenvalue weighted by Gasteiger charge is -2.45. The van der Waals surface area contributed by atoms with Gasteiger partial charge in [0, 0.05) is 40.0 Å². The zero-order valence-electron chi connectivity index (χ0n) is 34.3. The van der Waals surface area contributed by atoms with E-state index in [9.17, 15) is 24.0 Å². The third-order valence-corrected chi connectivity index (χ3v) is 11.8. The van der Waals surface area contributed by atoms with Gasteiger partial charge in [-0.15, -0.1) is 0 Å². The van der Waals surface area contributed by atoms with Gasteiger partial charge in [0.25, 0.3) is 17.7 Å². The molecule has 3 fully saturated rings. The summed E-state index contributed by atoms with van der Waals surface area (Å²) in [7, 11) is 3.44. The normalized spacial score (nSPS) is 21.5. The van der Waals surface area contributed by atoms with E-state index in [1.165, 1.54) is 0 Å². The smallest absolute Gasteiger partial charge is 0.274 e. The summed E-state index contributed by atoms with van der Waals surface area (Å²) in [6.07, 6.45) is 6.39. The number of quaternary nitrogens is 1. The molecule has 7 N–H and O–H groups in total. The number of anilines is 2. The van der Waals surface area contributed by atoms with Gasteiger partial charge in [-0.25, -0.2) is 9.97 Å². The number of nitrogens with two attached hydrogens (primary N) is 2. The Balaban J connectivity index is 1.02. The fraction of sp³-hybridized carbons (Fsp3) is 0.500. The van der Waals surface area contributed by atoms with Crippen molar-refractivity contribution in [1.29, 1.82) is 0 Å². The summed E-state index contributed by atoms with van der Waals surface area (Å²) >= 11 is 6.07. The zero-order chi connectivity index (χ0) is 42.8. The Morgan fingerprint density at radius 3 is 1.72 bits per heavy atom. The number of aryl methyl sites for hydroxylation is 2. The molecule has 0 spiro atoms. The van der Waals surface area contributed by atoms with Crippen molar-refractivity contribution in [3.8, 4) is 11.5 Å². The summed E-state index contributed by atoms with van der Waals surface area (Å²) in [4.78, 5) is 73.7. The first-order chi connectivity index (χ1) is 28.8. The number of aromatic nitrogens is 2. The minimum absolute atomic E-state index is 0.0357. The highest BCUT2D eigenvalue weighted by Crippen LogP contribution is 2.25. The molecule has 2 unspecified atom stereocenters. The second kappa shape index (κ2) is 20.1. The Morgan fingerprint density at radius 2 is 1.25 bits per heavy atom. The van der Waals surface area contributed by atoms with E-state index in [1.807, 2.05) is 48.5 Å². The number of carbonyl (C=O) groups is 5. The number of likely N-dealkylation sites (N-methyl/N-ethyl adjacent to an activating group) is 2. The van der Waals surface area contributed by atoms with Crippen LogP contribution in [0.2, 0.25) is 5.15 Å². The Kier molecular flexibility index (Phi) is 14.7. The van der Waals surface area contributed by atoms with Gasteiger partial charge in [-0.3, -0.25) is 24.0 Å². The molecule has 3 aromatic rings. The third-order valence-electron chi connectivity index (χ3n) is 11.6. The van der Waals surface area contributed by atoms with Crippen LogP contribution in [0.3, 0.4) is 0 Å². The van der Waals surface area contributed by atoms with E-state index in [4.69, 9.17) is 32.5 Å². The number of piperidine rings is 1. The van der Waals surface area contributed by atoms with E-state index in [0.29, 0.717) is 37.4 Å². The summed E-state index contributed by atoms with van der Waals surface area (Å²) in [6.45, 7) is 4.39. The molecule has 2 aromatic carbocycles. The molecule has 0 bridgehead atoms. The molecule has 3 atom stereocenters.